The molecule has 5 rings (SSSR count). The zero-order valence-corrected chi connectivity index (χ0v) is 23.2. The average molecular weight is 611 g/mol. The first-order valence-electron chi connectivity index (χ1n) is 12.7. The lowest BCUT2D eigenvalue weighted by Gasteiger charge is -2.33. The highest BCUT2D eigenvalue weighted by Crippen LogP contribution is 2.38. The van der Waals surface area contributed by atoms with Crippen LogP contribution in [0.4, 0.5) is 0 Å². The SMILES string of the molecule is O=C(CSc1ccccc1)CC1CCC(C2=NC3=C(I)C=NCC3C(NCc3cccnc3)=C2)CC1. The van der Waals surface area contributed by atoms with Gasteiger partial charge in [0.1, 0.15) is 5.78 Å². The van der Waals surface area contributed by atoms with Gasteiger partial charge in [0.05, 0.1) is 27.5 Å². The Morgan fingerprint density at radius 3 is 2.69 bits per heavy atom. The molecule has 3 heterocycles. The van der Waals surface area contributed by atoms with Crippen LogP contribution < -0.4 is 5.32 Å². The number of hydrogen-bond donors (Lipinski definition) is 1. The van der Waals surface area contributed by atoms with Gasteiger partial charge in [0.25, 0.3) is 0 Å². The number of thioether (sulfide) groups is 1. The number of aliphatic imine (C=N–C) groups is 2. The smallest absolute Gasteiger partial charge is 0.143 e. The van der Waals surface area contributed by atoms with Crippen molar-refractivity contribution in [2.45, 2.75) is 43.5 Å². The number of fused-ring (bicyclic) bond motifs is 1. The Hall–Kier alpha value is -2.26. The van der Waals surface area contributed by atoms with Crippen LogP contribution in [0.3, 0.4) is 0 Å². The molecule has 2 aliphatic heterocycles. The number of aromatic nitrogens is 1. The summed E-state index contributed by atoms with van der Waals surface area (Å²) in [6.07, 6.45) is 13.0. The molecule has 1 saturated carbocycles. The van der Waals surface area contributed by atoms with E-state index in [4.69, 9.17) is 4.99 Å². The Labute approximate surface area is 231 Å². The van der Waals surface area contributed by atoms with Crippen LogP contribution in [-0.4, -0.2) is 35.0 Å². The standard InChI is InChI=1S/C29H31IN4OS/c30-26-18-32-17-25-28(33-16-21-5-4-12-31-15-21)14-27(34-29(25)26)22-10-8-20(9-11-22)13-23(35)19-36-24-6-2-1-3-7-24/h1-7,12,14-15,18,20,22,25,33H,8-11,13,16-17,19H2. The molecule has 0 amide bonds. The van der Waals surface area contributed by atoms with Crippen LogP contribution >= 0.6 is 34.4 Å². The summed E-state index contributed by atoms with van der Waals surface area (Å²) in [4.78, 5) is 27.7. The molecular weight excluding hydrogens is 579 g/mol. The van der Waals surface area contributed by atoms with E-state index in [1.807, 2.05) is 36.7 Å². The predicted molar refractivity (Wildman–Crippen MR) is 157 cm³/mol. The number of benzene rings is 1. The molecule has 2 aromatic rings. The fraction of sp³-hybridized carbons (Fsp3) is 0.379. The number of carbonyl (C=O) groups is 1. The fourth-order valence-electron chi connectivity index (χ4n) is 5.18. The van der Waals surface area contributed by atoms with Gasteiger partial charge in [-0.2, -0.15) is 0 Å². The summed E-state index contributed by atoms with van der Waals surface area (Å²) in [6.45, 7) is 1.48. The third-order valence-electron chi connectivity index (χ3n) is 7.14. The first kappa shape index (κ1) is 25.4. The molecular formula is C29H31IN4OS. The fourth-order valence-corrected chi connectivity index (χ4v) is 6.67. The van der Waals surface area contributed by atoms with Crippen LogP contribution in [0.1, 0.15) is 37.7 Å². The number of hydrogen-bond acceptors (Lipinski definition) is 6. The van der Waals surface area contributed by atoms with Crippen LogP contribution in [0.2, 0.25) is 0 Å². The highest BCUT2D eigenvalue weighted by Gasteiger charge is 2.32. The maximum atomic E-state index is 12.6. The highest BCUT2D eigenvalue weighted by atomic mass is 127. The molecule has 5 nitrogen and oxygen atoms in total. The molecule has 3 aliphatic rings. The summed E-state index contributed by atoms with van der Waals surface area (Å²) in [5.41, 5.74) is 4.70. The molecule has 0 radical (unpaired) electrons. The van der Waals surface area contributed by atoms with Crippen LogP contribution in [0.25, 0.3) is 0 Å². The van der Waals surface area contributed by atoms with Crippen molar-refractivity contribution in [1.29, 1.82) is 0 Å². The van der Waals surface area contributed by atoms with E-state index < -0.39 is 0 Å². The molecule has 0 spiro atoms. The van der Waals surface area contributed by atoms with Crippen LogP contribution in [0.15, 0.2) is 90.8 Å². The lowest BCUT2D eigenvalue weighted by Crippen LogP contribution is -2.32. The van der Waals surface area contributed by atoms with Gasteiger partial charge in [0, 0.05) is 53.8 Å². The lowest BCUT2D eigenvalue weighted by atomic mass is 9.77. The van der Waals surface area contributed by atoms with E-state index in [2.05, 4.69) is 62.2 Å². The number of nitrogens with zero attached hydrogens (tertiary/aromatic N) is 3. The van der Waals surface area contributed by atoms with Gasteiger partial charge in [0.2, 0.25) is 0 Å². The molecule has 1 aromatic heterocycles. The molecule has 1 unspecified atom stereocenters. The van der Waals surface area contributed by atoms with E-state index in [1.54, 1.807) is 18.0 Å². The second-order valence-electron chi connectivity index (χ2n) is 9.69. The monoisotopic (exact) mass is 610 g/mol. The topological polar surface area (TPSA) is 66.7 Å². The zero-order chi connectivity index (χ0) is 24.7. The van der Waals surface area contributed by atoms with Crippen LogP contribution in [-0.2, 0) is 11.3 Å². The highest BCUT2D eigenvalue weighted by molar-refractivity contribution is 14.1. The van der Waals surface area contributed by atoms with Gasteiger partial charge in [-0.3, -0.25) is 19.8 Å². The number of halogens is 1. The van der Waals surface area contributed by atoms with Crippen molar-refractivity contribution in [2.24, 2.45) is 27.7 Å². The average Bonchev–Trinajstić information content (AvgIpc) is 2.92. The summed E-state index contributed by atoms with van der Waals surface area (Å²) in [6, 6.07) is 14.3. The Bertz CT molecular complexity index is 1180. The number of allylic oxidation sites excluding steroid dienone is 2. The van der Waals surface area contributed by atoms with E-state index in [0.29, 0.717) is 29.8 Å². The summed E-state index contributed by atoms with van der Waals surface area (Å²) in [7, 11) is 0. The van der Waals surface area contributed by atoms with Gasteiger partial charge in [-0.25, -0.2) is 0 Å². The molecule has 186 valence electrons. The third kappa shape index (κ3) is 6.54. The number of carbonyl (C=O) groups excluding carboxylic acids is 1. The van der Waals surface area contributed by atoms with E-state index >= 15 is 0 Å². The second-order valence-corrected chi connectivity index (χ2v) is 11.9. The zero-order valence-electron chi connectivity index (χ0n) is 20.3. The van der Waals surface area contributed by atoms with Crippen LogP contribution in [0, 0.1) is 17.8 Å². The van der Waals surface area contributed by atoms with Crippen molar-refractivity contribution >= 4 is 52.1 Å². The number of rotatable bonds is 9. The van der Waals surface area contributed by atoms with E-state index in [0.717, 1.165) is 53.6 Å². The summed E-state index contributed by atoms with van der Waals surface area (Å²) >= 11 is 4.02. The largest absolute Gasteiger partial charge is 0.384 e. The van der Waals surface area contributed by atoms with Crippen molar-refractivity contribution < 1.29 is 4.79 Å². The normalized spacial score (nSPS) is 23.5. The Balaban J connectivity index is 1.19. The van der Waals surface area contributed by atoms with E-state index in [-0.39, 0.29) is 5.92 Å². The Morgan fingerprint density at radius 1 is 1.08 bits per heavy atom. The lowest BCUT2D eigenvalue weighted by molar-refractivity contribution is -0.117. The number of nitrogens with one attached hydrogen (secondary N) is 1. The minimum Gasteiger partial charge on any atom is -0.384 e. The number of dihydropyridines is 2. The first-order valence-corrected chi connectivity index (χ1v) is 14.7. The Morgan fingerprint density at radius 2 is 1.92 bits per heavy atom. The predicted octanol–water partition coefficient (Wildman–Crippen LogP) is 6.41. The third-order valence-corrected chi connectivity index (χ3v) is 9.04. The van der Waals surface area contributed by atoms with Crippen molar-refractivity contribution in [3.63, 3.8) is 0 Å². The number of ketones is 1. The molecule has 7 heteroatoms. The summed E-state index contributed by atoms with van der Waals surface area (Å²) in [5.74, 6) is 2.07. The van der Waals surface area contributed by atoms with E-state index in [1.165, 1.54) is 16.3 Å². The molecule has 1 atom stereocenters. The molecule has 1 aromatic carbocycles. The number of Topliss-reactive ketones (excluding diaryl/α,β-unsaturated/α-hetero) is 1. The minimum atomic E-state index is 0.193. The molecule has 1 N–H and O–H groups in total. The molecule has 1 aliphatic carbocycles. The quantitative estimate of drug-likeness (QED) is 0.263. The molecule has 36 heavy (non-hydrogen) atoms. The number of pyridine rings is 1. The van der Waals surface area contributed by atoms with Gasteiger partial charge in [-0.05, 0) is 84.0 Å². The molecule has 0 saturated heterocycles. The maximum Gasteiger partial charge on any atom is 0.143 e. The van der Waals surface area contributed by atoms with Crippen molar-refractivity contribution in [3.05, 3.63) is 81.5 Å². The van der Waals surface area contributed by atoms with Gasteiger partial charge >= 0.3 is 0 Å². The molecule has 1 fully saturated rings. The van der Waals surface area contributed by atoms with Crippen molar-refractivity contribution in [3.8, 4) is 0 Å². The van der Waals surface area contributed by atoms with Crippen molar-refractivity contribution in [2.75, 3.05) is 12.3 Å². The van der Waals surface area contributed by atoms with Crippen LogP contribution in [0.5, 0.6) is 0 Å². The van der Waals surface area contributed by atoms with Gasteiger partial charge < -0.3 is 5.32 Å². The molecule has 0 bridgehead atoms. The summed E-state index contributed by atoms with van der Waals surface area (Å²) in [5, 5.41) is 3.67. The van der Waals surface area contributed by atoms with E-state index in [9.17, 15) is 4.79 Å². The first-order chi connectivity index (χ1) is 17.7. The second kappa shape index (κ2) is 12.3. The Kier molecular flexibility index (Phi) is 8.69. The van der Waals surface area contributed by atoms with Gasteiger partial charge in [-0.1, -0.05) is 24.3 Å². The minimum absolute atomic E-state index is 0.193. The van der Waals surface area contributed by atoms with Gasteiger partial charge in [-0.15, -0.1) is 11.8 Å². The van der Waals surface area contributed by atoms with Crippen molar-refractivity contribution in [1.82, 2.24) is 10.3 Å². The maximum absolute atomic E-state index is 12.6. The van der Waals surface area contributed by atoms with Gasteiger partial charge in [0.15, 0.2) is 0 Å². The summed E-state index contributed by atoms with van der Waals surface area (Å²) < 4.78 is 1.13.